The highest BCUT2D eigenvalue weighted by atomic mass is 16.5. The van der Waals surface area contributed by atoms with E-state index in [-0.39, 0.29) is 19.1 Å². The lowest BCUT2D eigenvalue weighted by atomic mass is 10.0. The number of hydrogen-bond acceptors (Lipinski definition) is 4. The Morgan fingerprint density at radius 1 is 1.18 bits per heavy atom. The van der Waals surface area contributed by atoms with Gasteiger partial charge in [-0.25, -0.2) is 0 Å². The predicted octanol–water partition coefficient (Wildman–Crippen LogP) is 1.24. The van der Waals surface area contributed by atoms with Crippen LogP contribution in [0, 0.1) is 5.92 Å². The summed E-state index contributed by atoms with van der Waals surface area (Å²) in [5.74, 6) is 1.26. The van der Waals surface area contributed by atoms with E-state index in [1.807, 2.05) is 25.1 Å². The molecule has 4 nitrogen and oxygen atoms in total. The predicted molar refractivity (Wildman–Crippen MR) is 65.5 cm³/mol. The molecule has 0 aliphatic carbocycles. The molecule has 0 aliphatic rings. The molecule has 0 saturated heterocycles. The van der Waals surface area contributed by atoms with Gasteiger partial charge in [0.1, 0.15) is 0 Å². The summed E-state index contributed by atoms with van der Waals surface area (Å²) < 4.78 is 10.7. The van der Waals surface area contributed by atoms with Gasteiger partial charge in [0.05, 0.1) is 13.7 Å². The van der Waals surface area contributed by atoms with Gasteiger partial charge in [-0.3, -0.25) is 0 Å². The zero-order chi connectivity index (χ0) is 12.7. The summed E-state index contributed by atoms with van der Waals surface area (Å²) in [7, 11) is 1.59. The van der Waals surface area contributed by atoms with Crippen molar-refractivity contribution >= 4 is 0 Å². The zero-order valence-electron chi connectivity index (χ0n) is 10.3. The molecule has 0 amide bonds. The van der Waals surface area contributed by atoms with Crippen molar-refractivity contribution in [2.45, 2.75) is 13.3 Å². The smallest absolute Gasteiger partial charge is 0.161 e. The molecule has 0 spiro atoms. The van der Waals surface area contributed by atoms with Crippen LogP contribution >= 0.6 is 0 Å². The van der Waals surface area contributed by atoms with Gasteiger partial charge in [0, 0.05) is 19.1 Å². The van der Waals surface area contributed by atoms with Crippen LogP contribution in [0.25, 0.3) is 0 Å². The monoisotopic (exact) mass is 240 g/mol. The Balaban J connectivity index is 2.81. The van der Waals surface area contributed by atoms with E-state index < -0.39 is 0 Å². The van der Waals surface area contributed by atoms with Crippen molar-refractivity contribution in [2.75, 3.05) is 26.9 Å². The molecule has 0 bridgehead atoms. The highest BCUT2D eigenvalue weighted by Gasteiger charge is 2.10. The van der Waals surface area contributed by atoms with Crippen molar-refractivity contribution in [1.82, 2.24) is 0 Å². The average Bonchev–Trinajstić information content (AvgIpc) is 2.37. The van der Waals surface area contributed by atoms with E-state index in [0.29, 0.717) is 24.5 Å². The second-order valence-corrected chi connectivity index (χ2v) is 3.85. The second-order valence-electron chi connectivity index (χ2n) is 3.85. The van der Waals surface area contributed by atoms with Crippen molar-refractivity contribution in [3.8, 4) is 11.5 Å². The van der Waals surface area contributed by atoms with Crippen LogP contribution in [0.4, 0.5) is 0 Å². The number of aliphatic hydroxyl groups is 2. The molecular formula is C13H20O4. The van der Waals surface area contributed by atoms with Gasteiger partial charge < -0.3 is 19.7 Å². The Hall–Kier alpha value is -1.26. The zero-order valence-corrected chi connectivity index (χ0v) is 10.3. The molecule has 1 aromatic carbocycles. The van der Waals surface area contributed by atoms with Gasteiger partial charge in [0.15, 0.2) is 11.5 Å². The maximum absolute atomic E-state index is 9.04. The van der Waals surface area contributed by atoms with Crippen molar-refractivity contribution in [2.24, 2.45) is 5.92 Å². The number of hydrogen-bond donors (Lipinski definition) is 2. The normalized spacial score (nSPS) is 10.6. The van der Waals surface area contributed by atoms with Crippen LogP contribution in [-0.4, -0.2) is 37.1 Å². The summed E-state index contributed by atoms with van der Waals surface area (Å²) in [5, 5.41) is 18.1. The lowest BCUT2D eigenvalue weighted by Crippen LogP contribution is -2.14. The highest BCUT2D eigenvalue weighted by Crippen LogP contribution is 2.28. The van der Waals surface area contributed by atoms with Gasteiger partial charge >= 0.3 is 0 Å². The topological polar surface area (TPSA) is 58.9 Å². The number of rotatable bonds is 7. The molecule has 2 N–H and O–H groups in total. The van der Waals surface area contributed by atoms with E-state index >= 15 is 0 Å². The molecule has 0 fully saturated rings. The Labute approximate surface area is 102 Å². The SMILES string of the molecule is CCOc1ccc(CC(CO)CO)cc1OC. The lowest BCUT2D eigenvalue weighted by Gasteiger charge is -2.14. The third-order valence-electron chi connectivity index (χ3n) is 2.57. The maximum Gasteiger partial charge on any atom is 0.161 e. The van der Waals surface area contributed by atoms with Crippen molar-refractivity contribution in [3.63, 3.8) is 0 Å². The number of aliphatic hydroxyl groups excluding tert-OH is 2. The summed E-state index contributed by atoms with van der Waals surface area (Å²) in [6.07, 6.45) is 0.621. The fourth-order valence-corrected chi connectivity index (χ4v) is 1.63. The lowest BCUT2D eigenvalue weighted by molar-refractivity contribution is 0.150. The summed E-state index contributed by atoms with van der Waals surface area (Å²) in [5.41, 5.74) is 1.01. The number of ether oxygens (including phenoxy) is 2. The molecule has 1 aromatic rings. The van der Waals surface area contributed by atoms with Gasteiger partial charge in [0.25, 0.3) is 0 Å². The van der Waals surface area contributed by atoms with Crippen LogP contribution in [0.1, 0.15) is 12.5 Å². The van der Waals surface area contributed by atoms with Crippen LogP contribution < -0.4 is 9.47 Å². The van der Waals surface area contributed by atoms with Gasteiger partial charge in [-0.05, 0) is 31.0 Å². The molecule has 0 atom stereocenters. The quantitative estimate of drug-likeness (QED) is 0.752. The molecule has 0 saturated carbocycles. The molecule has 96 valence electrons. The van der Waals surface area contributed by atoms with E-state index in [4.69, 9.17) is 19.7 Å². The first-order valence-electron chi connectivity index (χ1n) is 5.76. The first-order valence-corrected chi connectivity index (χ1v) is 5.76. The summed E-state index contributed by atoms with van der Waals surface area (Å²) in [4.78, 5) is 0. The van der Waals surface area contributed by atoms with Crippen LogP contribution in [0.15, 0.2) is 18.2 Å². The van der Waals surface area contributed by atoms with Gasteiger partial charge in [-0.2, -0.15) is 0 Å². The standard InChI is InChI=1S/C13H20O4/c1-3-17-12-5-4-10(7-13(12)16-2)6-11(8-14)9-15/h4-5,7,11,14-15H,3,6,8-9H2,1-2H3. The van der Waals surface area contributed by atoms with Crippen molar-refractivity contribution < 1.29 is 19.7 Å². The number of methoxy groups -OCH3 is 1. The van der Waals surface area contributed by atoms with Crippen LogP contribution in [0.5, 0.6) is 11.5 Å². The van der Waals surface area contributed by atoms with E-state index in [9.17, 15) is 0 Å². The molecular weight excluding hydrogens is 220 g/mol. The molecule has 4 heteroatoms. The fourth-order valence-electron chi connectivity index (χ4n) is 1.63. The van der Waals surface area contributed by atoms with Crippen LogP contribution in [0.3, 0.4) is 0 Å². The second kappa shape index (κ2) is 7.14. The minimum Gasteiger partial charge on any atom is -0.493 e. The Bertz CT molecular complexity index is 334. The van der Waals surface area contributed by atoms with Gasteiger partial charge in [0.2, 0.25) is 0 Å². The molecule has 0 aromatic heterocycles. The largest absolute Gasteiger partial charge is 0.493 e. The molecule has 1 rings (SSSR count). The molecule has 0 aliphatic heterocycles. The Morgan fingerprint density at radius 3 is 2.41 bits per heavy atom. The van der Waals surface area contributed by atoms with Gasteiger partial charge in [-0.15, -0.1) is 0 Å². The molecule has 0 radical (unpaired) electrons. The first kappa shape index (κ1) is 13.8. The Morgan fingerprint density at radius 2 is 1.88 bits per heavy atom. The van der Waals surface area contributed by atoms with Gasteiger partial charge in [-0.1, -0.05) is 6.07 Å². The summed E-state index contributed by atoms with van der Waals surface area (Å²) >= 11 is 0. The summed E-state index contributed by atoms with van der Waals surface area (Å²) in [6, 6.07) is 5.65. The van der Waals surface area contributed by atoms with Crippen molar-refractivity contribution in [1.29, 1.82) is 0 Å². The van der Waals surface area contributed by atoms with E-state index in [2.05, 4.69) is 0 Å². The molecule has 17 heavy (non-hydrogen) atoms. The first-order chi connectivity index (χ1) is 8.24. The third kappa shape index (κ3) is 3.91. The van der Waals surface area contributed by atoms with Crippen molar-refractivity contribution in [3.05, 3.63) is 23.8 Å². The third-order valence-corrected chi connectivity index (χ3v) is 2.57. The highest BCUT2D eigenvalue weighted by molar-refractivity contribution is 5.43. The van der Waals surface area contributed by atoms with E-state index in [1.165, 1.54) is 0 Å². The van der Waals surface area contributed by atoms with E-state index in [0.717, 1.165) is 5.56 Å². The minimum atomic E-state index is -0.127. The number of benzene rings is 1. The average molecular weight is 240 g/mol. The summed E-state index contributed by atoms with van der Waals surface area (Å²) in [6.45, 7) is 2.46. The fraction of sp³-hybridized carbons (Fsp3) is 0.538. The van der Waals surface area contributed by atoms with E-state index in [1.54, 1.807) is 7.11 Å². The van der Waals surface area contributed by atoms with Crippen LogP contribution in [0.2, 0.25) is 0 Å². The van der Waals surface area contributed by atoms with Crippen LogP contribution in [-0.2, 0) is 6.42 Å². The minimum absolute atomic E-state index is 0.0218. The Kier molecular flexibility index (Phi) is 5.80. The molecule has 0 unspecified atom stereocenters. The maximum atomic E-state index is 9.04. The molecule has 0 heterocycles.